The zero-order valence-corrected chi connectivity index (χ0v) is 18.5. The summed E-state index contributed by atoms with van der Waals surface area (Å²) in [6.07, 6.45) is 0.431. The zero-order chi connectivity index (χ0) is 22.8. The Morgan fingerprint density at radius 1 is 1.39 bits per heavy atom. The Hall–Kier alpha value is -2.91. The molecule has 1 aliphatic heterocycles. The third kappa shape index (κ3) is 4.72. The van der Waals surface area contributed by atoms with Crippen LogP contribution in [-0.2, 0) is 21.5 Å². The van der Waals surface area contributed by atoms with Gasteiger partial charge >= 0.3 is 0 Å². The molecule has 1 aromatic heterocycles. The van der Waals surface area contributed by atoms with E-state index in [0.717, 1.165) is 5.56 Å². The fourth-order valence-electron chi connectivity index (χ4n) is 3.79. The molecule has 3 rings (SSSR count). The molecule has 0 saturated carbocycles. The number of methoxy groups -OCH3 is 1. The van der Waals surface area contributed by atoms with E-state index >= 15 is 0 Å². The van der Waals surface area contributed by atoms with Crippen LogP contribution in [0, 0.1) is 5.41 Å². The third-order valence-electron chi connectivity index (χ3n) is 5.36. The highest BCUT2D eigenvalue weighted by Crippen LogP contribution is 2.42. The average Bonchev–Trinajstić information content (AvgIpc) is 3.02. The van der Waals surface area contributed by atoms with Gasteiger partial charge in [0.1, 0.15) is 11.9 Å². The van der Waals surface area contributed by atoms with E-state index < -0.39 is 11.5 Å². The Bertz CT molecular complexity index is 1050. The molecule has 166 valence electrons. The Kier molecular flexibility index (Phi) is 6.66. The molecule has 0 radical (unpaired) electrons. The zero-order valence-electron chi connectivity index (χ0n) is 17.8. The molecular weight excluding hydrogens is 420 g/mol. The minimum absolute atomic E-state index is 0.0137. The van der Waals surface area contributed by atoms with Crippen molar-refractivity contribution in [3.63, 3.8) is 0 Å². The van der Waals surface area contributed by atoms with Gasteiger partial charge in [-0.25, -0.2) is 4.98 Å². The molecule has 1 amide bonds. The van der Waals surface area contributed by atoms with Crippen molar-refractivity contribution in [1.82, 2.24) is 14.9 Å². The number of ether oxygens (including phenoxy) is 1. The van der Waals surface area contributed by atoms with E-state index in [-0.39, 0.29) is 34.8 Å². The molecule has 31 heavy (non-hydrogen) atoms. The first-order valence-electron chi connectivity index (χ1n) is 9.92. The topological polar surface area (TPSA) is 135 Å². The number of hydrogen-bond donors (Lipinski definition) is 4. The normalized spacial score (nSPS) is 16.6. The Balaban J connectivity index is 1.83. The van der Waals surface area contributed by atoms with Crippen LogP contribution in [0.3, 0.4) is 0 Å². The average molecular weight is 447 g/mol. The number of nitrogens with one attached hydrogen (secondary N) is 3. The van der Waals surface area contributed by atoms with Gasteiger partial charge < -0.3 is 21.1 Å². The number of anilines is 1. The highest BCUT2D eigenvalue weighted by Gasteiger charge is 2.43. The summed E-state index contributed by atoms with van der Waals surface area (Å²) < 4.78 is 6.46. The van der Waals surface area contributed by atoms with Gasteiger partial charge in [0.05, 0.1) is 12.3 Å². The van der Waals surface area contributed by atoms with Gasteiger partial charge in [-0.1, -0.05) is 49.7 Å². The second-order valence-corrected chi connectivity index (χ2v) is 8.48. The van der Waals surface area contributed by atoms with Gasteiger partial charge in [0.25, 0.3) is 5.56 Å². The van der Waals surface area contributed by atoms with Crippen molar-refractivity contribution in [2.24, 2.45) is 5.73 Å². The summed E-state index contributed by atoms with van der Waals surface area (Å²) in [6.45, 7) is 4.97. The van der Waals surface area contributed by atoms with Gasteiger partial charge in [-0.3, -0.25) is 19.6 Å². The second kappa shape index (κ2) is 9.07. The van der Waals surface area contributed by atoms with E-state index in [9.17, 15) is 9.59 Å². The molecule has 1 aliphatic rings. The summed E-state index contributed by atoms with van der Waals surface area (Å²) in [5.74, 6) is -0.184. The fraction of sp³-hybridized carbons (Fsp3) is 0.429. The second-order valence-electron chi connectivity index (χ2n) is 8.13. The molecule has 2 aromatic rings. The first-order chi connectivity index (χ1) is 14.7. The number of nitrogens with two attached hydrogens (primary N) is 1. The summed E-state index contributed by atoms with van der Waals surface area (Å²) in [5.41, 5.74) is 6.63. The van der Waals surface area contributed by atoms with E-state index in [4.69, 9.17) is 27.5 Å². The molecule has 1 aromatic carbocycles. The number of nitrogen functional groups attached to an aromatic ring is 1. The van der Waals surface area contributed by atoms with Crippen molar-refractivity contribution in [1.29, 1.82) is 5.41 Å². The van der Waals surface area contributed by atoms with Gasteiger partial charge in [0.15, 0.2) is 11.0 Å². The highest BCUT2D eigenvalue weighted by atomic mass is 35.5. The Labute approximate surface area is 185 Å². The molecule has 2 heterocycles. The smallest absolute Gasteiger partial charge is 0.294 e. The number of nitrogens with zero attached hydrogens (tertiary/aromatic N) is 2. The maximum atomic E-state index is 13.1. The predicted molar refractivity (Wildman–Crippen MR) is 120 cm³/mol. The first kappa shape index (κ1) is 22.8. The minimum Gasteiger partial charge on any atom is -0.384 e. The number of rotatable bonds is 8. The van der Waals surface area contributed by atoms with Crippen molar-refractivity contribution in [3.05, 3.63) is 56.6 Å². The third-order valence-corrected chi connectivity index (χ3v) is 5.62. The van der Waals surface area contributed by atoms with Crippen LogP contribution in [0.5, 0.6) is 0 Å². The lowest BCUT2D eigenvalue weighted by atomic mass is 9.87. The molecular formula is C21H27ClN6O3. The summed E-state index contributed by atoms with van der Waals surface area (Å²) in [6, 6.07) is 6.36. The molecule has 0 aliphatic carbocycles. The highest BCUT2D eigenvalue weighted by molar-refractivity contribution is 6.30. The molecule has 0 saturated heterocycles. The van der Waals surface area contributed by atoms with E-state index in [1.807, 2.05) is 13.8 Å². The molecule has 9 nitrogen and oxygen atoms in total. The van der Waals surface area contributed by atoms with Crippen LogP contribution >= 0.6 is 11.6 Å². The predicted octanol–water partition coefficient (Wildman–Crippen LogP) is 1.78. The quantitative estimate of drug-likeness (QED) is 0.277. The summed E-state index contributed by atoms with van der Waals surface area (Å²) in [4.78, 5) is 30.4. The van der Waals surface area contributed by atoms with Crippen molar-refractivity contribution in [2.75, 3.05) is 25.6 Å². The van der Waals surface area contributed by atoms with E-state index in [1.54, 1.807) is 31.4 Å². The number of fused-ring (bicyclic) bond motifs is 1. The fourth-order valence-corrected chi connectivity index (χ4v) is 4.23. The lowest BCUT2D eigenvalue weighted by Crippen LogP contribution is -2.36. The number of amidine groups is 1. The van der Waals surface area contributed by atoms with Gasteiger partial charge in [0.2, 0.25) is 5.91 Å². The van der Waals surface area contributed by atoms with Crippen molar-refractivity contribution in [2.45, 2.75) is 38.3 Å². The summed E-state index contributed by atoms with van der Waals surface area (Å²) in [5, 5.41) is 13.5. The number of carbonyl (C=O) groups excluding carboxylic acids is 1. The van der Waals surface area contributed by atoms with E-state index in [2.05, 4.69) is 15.6 Å². The molecule has 10 heteroatoms. The van der Waals surface area contributed by atoms with Crippen LogP contribution in [0.25, 0.3) is 0 Å². The van der Waals surface area contributed by atoms with Crippen molar-refractivity contribution >= 4 is 29.2 Å². The Morgan fingerprint density at radius 3 is 2.68 bits per heavy atom. The SMILES string of the molecule is COCCNc1nc(Cl)c2n(c1=O)[C@H](C(=O)NCc1ccc(C(=N)N)cc1)CC2(C)C. The van der Waals surface area contributed by atoms with Crippen LogP contribution < -0.4 is 21.9 Å². The van der Waals surface area contributed by atoms with Crippen LogP contribution in [0.15, 0.2) is 29.1 Å². The van der Waals surface area contributed by atoms with E-state index in [0.29, 0.717) is 30.8 Å². The number of benzene rings is 1. The van der Waals surface area contributed by atoms with Gasteiger partial charge in [-0.2, -0.15) is 0 Å². The minimum atomic E-state index is -0.697. The van der Waals surface area contributed by atoms with Crippen LogP contribution in [0.2, 0.25) is 5.15 Å². The molecule has 5 N–H and O–H groups in total. The lowest BCUT2D eigenvalue weighted by Gasteiger charge is -2.19. The number of hydrogen-bond acceptors (Lipinski definition) is 6. The van der Waals surface area contributed by atoms with Crippen LogP contribution in [0.1, 0.15) is 43.1 Å². The molecule has 0 bridgehead atoms. The molecule has 0 spiro atoms. The van der Waals surface area contributed by atoms with Crippen LogP contribution in [0.4, 0.5) is 5.82 Å². The molecule has 0 fully saturated rings. The first-order valence-corrected chi connectivity index (χ1v) is 10.3. The maximum Gasteiger partial charge on any atom is 0.294 e. The number of carbonyl (C=O) groups is 1. The molecule has 1 atom stereocenters. The lowest BCUT2D eigenvalue weighted by molar-refractivity contribution is -0.124. The number of aromatic nitrogens is 2. The maximum absolute atomic E-state index is 13.1. The van der Waals surface area contributed by atoms with E-state index in [1.165, 1.54) is 4.57 Å². The number of amides is 1. The van der Waals surface area contributed by atoms with Gasteiger partial charge in [-0.15, -0.1) is 0 Å². The standard InChI is InChI=1S/C21H27ClN6O3/c1-21(2)10-14(19(29)26-11-12-4-6-13(7-5-12)17(23)24)28-15(21)16(22)27-18(20(28)30)25-8-9-31-3/h4-7,14H,8-11H2,1-3H3,(H3,23,24)(H,25,27)(H,26,29)/t14-/m0/s1. The largest absolute Gasteiger partial charge is 0.384 e. The summed E-state index contributed by atoms with van der Waals surface area (Å²) >= 11 is 6.43. The van der Waals surface area contributed by atoms with Crippen molar-refractivity contribution < 1.29 is 9.53 Å². The monoisotopic (exact) mass is 446 g/mol. The summed E-state index contributed by atoms with van der Waals surface area (Å²) in [7, 11) is 1.56. The molecule has 0 unspecified atom stereocenters. The number of halogens is 1. The van der Waals surface area contributed by atoms with Crippen LogP contribution in [-0.4, -0.2) is 41.6 Å². The van der Waals surface area contributed by atoms with Gasteiger partial charge in [0, 0.05) is 31.2 Å². The van der Waals surface area contributed by atoms with Crippen molar-refractivity contribution in [3.8, 4) is 0 Å². The Morgan fingerprint density at radius 2 is 2.06 bits per heavy atom. The van der Waals surface area contributed by atoms with Gasteiger partial charge in [-0.05, 0) is 12.0 Å².